The number of carbonyl (C=O) groups excluding carboxylic acids is 2. The van der Waals surface area contributed by atoms with E-state index in [0.29, 0.717) is 18.5 Å². The van der Waals surface area contributed by atoms with E-state index in [2.05, 4.69) is 5.32 Å². The second-order valence-electron chi connectivity index (χ2n) is 5.38. The quantitative estimate of drug-likeness (QED) is 0.732. The van der Waals surface area contributed by atoms with E-state index in [1.807, 2.05) is 6.07 Å². The van der Waals surface area contributed by atoms with Gasteiger partial charge >= 0.3 is 0 Å². The molecule has 5 N–H and O–H groups in total. The minimum absolute atomic E-state index is 0.0574. The minimum atomic E-state index is -0.434. The van der Waals surface area contributed by atoms with Gasteiger partial charge in [0.2, 0.25) is 11.8 Å². The summed E-state index contributed by atoms with van der Waals surface area (Å²) in [6, 6.07) is 7.33. The number of amides is 2. The second kappa shape index (κ2) is 6.52. The van der Waals surface area contributed by atoms with Crippen molar-refractivity contribution in [2.24, 2.45) is 17.4 Å². The monoisotopic (exact) mass is 275 g/mol. The summed E-state index contributed by atoms with van der Waals surface area (Å²) in [7, 11) is 0. The van der Waals surface area contributed by atoms with E-state index >= 15 is 0 Å². The molecule has 2 rings (SSSR count). The second-order valence-corrected chi connectivity index (χ2v) is 5.38. The molecule has 2 amide bonds. The lowest BCUT2D eigenvalue weighted by Gasteiger charge is -2.11. The minimum Gasteiger partial charge on any atom is -0.366 e. The standard InChI is InChI=1S/C15H21N3O2/c16-13-5-4-12(9-13)15(20)18-7-6-10-2-1-3-11(8-10)14(17)19/h1-3,8,12-13H,4-7,9,16H2,(H2,17,19)(H,18,20). The molecule has 5 nitrogen and oxygen atoms in total. The maximum absolute atomic E-state index is 11.9. The normalized spacial score (nSPS) is 21.6. The van der Waals surface area contributed by atoms with Crippen molar-refractivity contribution in [2.45, 2.75) is 31.7 Å². The smallest absolute Gasteiger partial charge is 0.248 e. The van der Waals surface area contributed by atoms with E-state index in [1.165, 1.54) is 0 Å². The van der Waals surface area contributed by atoms with Gasteiger partial charge in [0.1, 0.15) is 0 Å². The zero-order valence-corrected chi connectivity index (χ0v) is 11.5. The van der Waals surface area contributed by atoms with Crippen LogP contribution < -0.4 is 16.8 Å². The van der Waals surface area contributed by atoms with Crippen LogP contribution in [0.1, 0.15) is 35.2 Å². The van der Waals surface area contributed by atoms with E-state index in [4.69, 9.17) is 11.5 Å². The Bertz CT molecular complexity index is 502. The average Bonchev–Trinajstić information content (AvgIpc) is 2.86. The third-order valence-electron chi connectivity index (χ3n) is 3.77. The number of nitrogens with two attached hydrogens (primary N) is 2. The predicted octanol–water partition coefficient (Wildman–Crippen LogP) is 0.572. The Hall–Kier alpha value is -1.88. The Labute approximate surface area is 118 Å². The third kappa shape index (κ3) is 3.81. The molecule has 1 saturated carbocycles. The first-order chi connectivity index (χ1) is 9.56. The number of benzene rings is 1. The van der Waals surface area contributed by atoms with Crippen molar-refractivity contribution in [2.75, 3.05) is 6.54 Å². The molecule has 0 bridgehead atoms. The Balaban J connectivity index is 1.79. The fourth-order valence-electron chi connectivity index (χ4n) is 2.61. The molecule has 1 aliphatic carbocycles. The van der Waals surface area contributed by atoms with Gasteiger partial charge in [-0.25, -0.2) is 0 Å². The van der Waals surface area contributed by atoms with Crippen molar-refractivity contribution in [1.82, 2.24) is 5.32 Å². The first kappa shape index (κ1) is 14.5. The van der Waals surface area contributed by atoms with Gasteiger partial charge in [-0.15, -0.1) is 0 Å². The zero-order valence-electron chi connectivity index (χ0n) is 11.5. The lowest BCUT2D eigenvalue weighted by molar-refractivity contribution is -0.124. The molecule has 0 heterocycles. The molecule has 2 unspecified atom stereocenters. The van der Waals surface area contributed by atoms with Gasteiger partial charge in [0.15, 0.2) is 0 Å². The van der Waals surface area contributed by atoms with Crippen LogP contribution in [0.3, 0.4) is 0 Å². The first-order valence-corrected chi connectivity index (χ1v) is 6.98. The molecule has 0 saturated heterocycles. The van der Waals surface area contributed by atoms with Gasteiger partial charge in [0.25, 0.3) is 0 Å². The fraction of sp³-hybridized carbons (Fsp3) is 0.467. The SMILES string of the molecule is NC(=O)c1cccc(CCNC(=O)C2CCC(N)C2)c1. The number of nitrogens with one attached hydrogen (secondary N) is 1. The summed E-state index contributed by atoms with van der Waals surface area (Å²) < 4.78 is 0. The van der Waals surface area contributed by atoms with Crippen molar-refractivity contribution in [1.29, 1.82) is 0 Å². The number of hydrogen-bond acceptors (Lipinski definition) is 3. The van der Waals surface area contributed by atoms with Crippen LogP contribution in [0.2, 0.25) is 0 Å². The van der Waals surface area contributed by atoms with Crippen LogP contribution in [0.25, 0.3) is 0 Å². The highest BCUT2D eigenvalue weighted by Gasteiger charge is 2.27. The maximum Gasteiger partial charge on any atom is 0.248 e. The van der Waals surface area contributed by atoms with Crippen LogP contribution in [0.4, 0.5) is 0 Å². The highest BCUT2D eigenvalue weighted by atomic mass is 16.2. The summed E-state index contributed by atoms with van der Waals surface area (Å²) in [5, 5.41) is 2.93. The van der Waals surface area contributed by atoms with Crippen LogP contribution in [-0.4, -0.2) is 24.4 Å². The Morgan fingerprint density at radius 2 is 2.10 bits per heavy atom. The summed E-state index contributed by atoms with van der Waals surface area (Å²) in [5.41, 5.74) is 12.5. The molecular formula is C15H21N3O2. The molecule has 1 aliphatic rings. The number of hydrogen-bond donors (Lipinski definition) is 3. The molecular weight excluding hydrogens is 254 g/mol. The lowest BCUT2D eigenvalue weighted by atomic mass is 10.1. The van der Waals surface area contributed by atoms with Gasteiger partial charge in [-0.1, -0.05) is 12.1 Å². The Kier molecular flexibility index (Phi) is 4.74. The summed E-state index contributed by atoms with van der Waals surface area (Å²) in [6.45, 7) is 0.562. The molecule has 1 aromatic rings. The fourth-order valence-corrected chi connectivity index (χ4v) is 2.61. The van der Waals surface area contributed by atoms with E-state index in [1.54, 1.807) is 18.2 Å². The summed E-state index contributed by atoms with van der Waals surface area (Å²) in [4.78, 5) is 23.0. The molecule has 0 spiro atoms. The highest BCUT2D eigenvalue weighted by molar-refractivity contribution is 5.92. The third-order valence-corrected chi connectivity index (χ3v) is 3.77. The number of rotatable bonds is 5. The van der Waals surface area contributed by atoms with Crippen molar-refractivity contribution in [3.8, 4) is 0 Å². The molecule has 0 radical (unpaired) electrons. The summed E-state index contributed by atoms with van der Waals surface area (Å²) >= 11 is 0. The van der Waals surface area contributed by atoms with Crippen LogP contribution in [0, 0.1) is 5.92 Å². The molecule has 108 valence electrons. The van der Waals surface area contributed by atoms with Gasteiger partial charge < -0.3 is 16.8 Å². The molecule has 20 heavy (non-hydrogen) atoms. The van der Waals surface area contributed by atoms with Crippen LogP contribution in [0.5, 0.6) is 0 Å². The van der Waals surface area contributed by atoms with Crippen molar-refractivity contribution < 1.29 is 9.59 Å². The zero-order chi connectivity index (χ0) is 14.5. The largest absolute Gasteiger partial charge is 0.366 e. The summed E-state index contributed by atoms with van der Waals surface area (Å²) in [6.07, 6.45) is 3.28. The molecule has 1 fully saturated rings. The van der Waals surface area contributed by atoms with Gasteiger partial charge in [0.05, 0.1) is 0 Å². The van der Waals surface area contributed by atoms with E-state index < -0.39 is 5.91 Å². The van der Waals surface area contributed by atoms with Crippen molar-refractivity contribution >= 4 is 11.8 Å². The molecule has 1 aromatic carbocycles. The molecule has 0 aliphatic heterocycles. The van der Waals surface area contributed by atoms with Crippen molar-refractivity contribution in [3.63, 3.8) is 0 Å². The first-order valence-electron chi connectivity index (χ1n) is 6.98. The maximum atomic E-state index is 11.9. The molecule has 0 aromatic heterocycles. The highest BCUT2D eigenvalue weighted by Crippen LogP contribution is 2.23. The molecule has 5 heteroatoms. The van der Waals surface area contributed by atoms with Crippen LogP contribution in [0.15, 0.2) is 24.3 Å². The van der Waals surface area contributed by atoms with Crippen LogP contribution >= 0.6 is 0 Å². The van der Waals surface area contributed by atoms with Gasteiger partial charge in [-0.05, 0) is 43.4 Å². The van der Waals surface area contributed by atoms with E-state index in [0.717, 1.165) is 24.8 Å². The number of carbonyl (C=O) groups is 2. The van der Waals surface area contributed by atoms with E-state index in [9.17, 15) is 9.59 Å². The van der Waals surface area contributed by atoms with Gasteiger partial charge in [0, 0.05) is 24.1 Å². The average molecular weight is 275 g/mol. The topological polar surface area (TPSA) is 98.2 Å². The van der Waals surface area contributed by atoms with Gasteiger partial charge in [-0.3, -0.25) is 9.59 Å². The summed E-state index contributed by atoms with van der Waals surface area (Å²) in [5.74, 6) is -0.290. The number of primary amides is 1. The predicted molar refractivity (Wildman–Crippen MR) is 77.0 cm³/mol. The van der Waals surface area contributed by atoms with Crippen molar-refractivity contribution in [3.05, 3.63) is 35.4 Å². The Morgan fingerprint density at radius 1 is 1.30 bits per heavy atom. The lowest BCUT2D eigenvalue weighted by Crippen LogP contribution is -2.31. The van der Waals surface area contributed by atoms with Gasteiger partial charge in [-0.2, -0.15) is 0 Å². The Morgan fingerprint density at radius 3 is 2.75 bits per heavy atom. The van der Waals surface area contributed by atoms with Crippen LogP contribution in [-0.2, 0) is 11.2 Å². The van der Waals surface area contributed by atoms with E-state index in [-0.39, 0.29) is 17.9 Å². The molecule has 2 atom stereocenters.